The molecule has 0 unspecified atom stereocenters. The monoisotopic (exact) mass is 361 g/mol. The van der Waals surface area contributed by atoms with Crippen molar-refractivity contribution in [1.29, 1.82) is 0 Å². The Morgan fingerprint density at radius 2 is 1.76 bits per heavy atom. The van der Waals surface area contributed by atoms with Crippen molar-refractivity contribution in [2.24, 2.45) is 0 Å². The number of rotatable bonds is 3. The number of nitrogens with zero attached hydrogens (tertiary/aromatic N) is 4. The summed E-state index contributed by atoms with van der Waals surface area (Å²) >= 11 is 0. The van der Waals surface area contributed by atoms with E-state index in [-0.39, 0.29) is 17.0 Å². The predicted octanol–water partition coefficient (Wildman–Crippen LogP) is 3.49. The van der Waals surface area contributed by atoms with E-state index in [0.717, 1.165) is 10.8 Å². The quantitative estimate of drug-likeness (QED) is 0.573. The molecule has 1 N–H and O–H groups in total. The molecule has 132 valence electrons. The maximum atomic E-state index is 14.2. The van der Waals surface area contributed by atoms with Crippen molar-refractivity contribution >= 4 is 11.6 Å². The number of nitrogens with one attached hydrogen (secondary N) is 1. The average molecular weight is 361 g/mol. The van der Waals surface area contributed by atoms with Crippen LogP contribution >= 0.6 is 0 Å². The Balaban J connectivity index is 2.31. The molecule has 1 aromatic carbocycles. The van der Waals surface area contributed by atoms with Crippen molar-refractivity contribution < 1.29 is 26.3 Å². The zero-order valence-corrected chi connectivity index (χ0v) is 12.5. The van der Waals surface area contributed by atoms with E-state index in [2.05, 4.69) is 15.1 Å². The van der Waals surface area contributed by atoms with Crippen molar-refractivity contribution in [3.8, 4) is 11.1 Å². The lowest BCUT2D eigenvalue weighted by Crippen LogP contribution is -2.23. The van der Waals surface area contributed by atoms with Gasteiger partial charge in [0.15, 0.2) is 11.6 Å². The molecule has 3 rings (SSSR count). The molecule has 11 heteroatoms. The number of halogens is 6. The highest BCUT2D eigenvalue weighted by molar-refractivity contribution is 5.79. The van der Waals surface area contributed by atoms with E-state index < -0.39 is 41.6 Å². The molecule has 0 aliphatic carbocycles. The lowest BCUT2D eigenvalue weighted by molar-refractivity contribution is -0.115. The first kappa shape index (κ1) is 17.0. The minimum Gasteiger partial charge on any atom is -0.360 e. The van der Waals surface area contributed by atoms with E-state index in [4.69, 9.17) is 0 Å². The molecule has 0 aliphatic heterocycles. The number of aromatic nitrogens is 4. The Kier molecular flexibility index (Phi) is 4.01. The molecule has 3 aromatic rings. The summed E-state index contributed by atoms with van der Waals surface area (Å²) in [5.74, 6) is -4.53. The van der Waals surface area contributed by atoms with E-state index in [1.165, 1.54) is 6.92 Å². The fourth-order valence-electron chi connectivity index (χ4n) is 2.36. The van der Waals surface area contributed by atoms with Gasteiger partial charge < -0.3 is 5.32 Å². The first-order valence-electron chi connectivity index (χ1n) is 6.84. The van der Waals surface area contributed by atoms with Crippen LogP contribution < -0.4 is 5.32 Å². The highest BCUT2D eigenvalue weighted by Gasteiger charge is 2.30. The molecule has 5 nitrogen and oxygen atoms in total. The second kappa shape index (κ2) is 5.90. The lowest BCUT2D eigenvalue weighted by atomic mass is 10.0. The van der Waals surface area contributed by atoms with Gasteiger partial charge in [-0.1, -0.05) is 0 Å². The van der Waals surface area contributed by atoms with Crippen molar-refractivity contribution in [1.82, 2.24) is 19.6 Å². The number of alkyl halides is 3. The lowest BCUT2D eigenvalue weighted by Gasteiger charge is -2.17. The average Bonchev–Trinajstić information content (AvgIpc) is 2.97. The van der Waals surface area contributed by atoms with Gasteiger partial charge in [0, 0.05) is 0 Å². The maximum Gasteiger partial charge on any atom is 0.405 e. The van der Waals surface area contributed by atoms with Gasteiger partial charge in [0.25, 0.3) is 5.78 Å². The van der Waals surface area contributed by atoms with Gasteiger partial charge in [-0.3, -0.25) is 0 Å². The molecule has 0 aliphatic rings. The van der Waals surface area contributed by atoms with E-state index >= 15 is 0 Å². The van der Waals surface area contributed by atoms with Crippen LogP contribution in [0.5, 0.6) is 0 Å². The van der Waals surface area contributed by atoms with Gasteiger partial charge in [0.2, 0.25) is 0 Å². The third-order valence-electron chi connectivity index (χ3n) is 3.36. The summed E-state index contributed by atoms with van der Waals surface area (Å²) in [4.78, 5) is 7.68. The molecular weight excluding hydrogens is 352 g/mol. The standard InChI is InChI=1S/C14H9F6N5/c1-6-9(10-7(15)2-3-8(16)11(10)17)12(21-4-14(18,19)20)25-13(24-6)22-5-23-25/h2-3,5,21H,4H2,1H3. The second-order valence-corrected chi connectivity index (χ2v) is 5.08. The van der Waals surface area contributed by atoms with Crippen molar-refractivity contribution in [2.45, 2.75) is 13.1 Å². The Labute approximate surface area is 136 Å². The third-order valence-corrected chi connectivity index (χ3v) is 3.36. The van der Waals surface area contributed by atoms with Crippen molar-refractivity contribution in [3.63, 3.8) is 0 Å². The van der Waals surface area contributed by atoms with Crippen LogP contribution in [-0.2, 0) is 0 Å². The number of hydrogen-bond donors (Lipinski definition) is 1. The zero-order chi connectivity index (χ0) is 18.4. The van der Waals surface area contributed by atoms with Crippen LogP contribution in [0.2, 0.25) is 0 Å². The van der Waals surface area contributed by atoms with Crippen LogP contribution in [0.25, 0.3) is 16.9 Å². The Hall–Kier alpha value is -2.85. The van der Waals surface area contributed by atoms with Gasteiger partial charge in [-0.05, 0) is 19.1 Å². The molecule has 0 amide bonds. The molecule has 0 bridgehead atoms. The van der Waals surface area contributed by atoms with Crippen LogP contribution in [0, 0.1) is 24.4 Å². The molecule has 0 radical (unpaired) electrons. The van der Waals surface area contributed by atoms with Crippen molar-refractivity contribution in [3.05, 3.63) is 41.6 Å². The summed E-state index contributed by atoms with van der Waals surface area (Å²) < 4.78 is 80.5. The molecule has 0 fully saturated rings. The van der Waals surface area contributed by atoms with Gasteiger partial charge in [-0.15, -0.1) is 0 Å². The van der Waals surface area contributed by atoms with Crippen LogP contribution in [0.15, 0.2) is 18.5 Å². The summed E-state index contributed by atoms with van der Waals surface area (Å²) in [6, 6.07) is 1.25. The second-order valence-electron chi connectivity index (χ2n) is 5.08. The van der Waals surface area contributed by atoms with Crippen LogP contribution in [0.3, 0.4) is 0 Å². The molecular formula is C14H9F6N5. The number of anilines is 1. The Morgan fingerprint density at radius 1 is 1.08 bits per heavy atom. The minimum atomic E-state index is -4.61. The topological polar surface area (TPSA) is 55.1 Å². The molecule has 2 aromatic heterocycles. The summed E-state index contributed by atoms with van der Waals surface area (Å²) in [6.07, 6.45) is -3.59. The van der Waals surface area contributed by atoms with Gasteiger partial charge in [-0.2, -0.15) is 27.8 Å². The fraction of sp³-hybridized carbons (Fsp3) is 0.214. The van der Waals surface area contributed by atoms with Gasteiger partial charge in [0.1, 0.15) is 24.5 Å². The van der Waals surface area contributed by atoms with E-state index in [1.54, 1.807) is 0 Å². The number of aryl methyl sites for hydroxylation is 1. The first-order chi connectivity index (χ1) is 11.7. The molecule has 25 heavy (non-hydrogen) atoms. The maximum absolute atomic E-state index is 14.2. The highest BCUT2D eigenvalue weighted by Crippen LogP contribution is 2.35. The summed E-state index contributed by atoms with van der Waals surface area (Å²) in [7, 11) is 0. The molecule has 0 saturated carbocycles. The number of benzene rings is 1. The minimum absolute atomic E-state index is 0.0476. The first-order valence-corrected chi connectivity index (χ1v) is 6.84. The third kappa shape index (κ3) is 3.08. The Morgan fingerprint density at radius 3 is 2.44 bits per heavy atom. The largest absolute Gasteiger partial charge is 0.405 e. The molecule has 2 heterocycles. The molecule has 0 atom stereocenters. The van der Waals surface area contributed by atoms with E-state index in [9.17, 15) is 26.3 Å². The normalized spacial score (nSPS) is 12.0. The summed E-state index contributed by atoms with van der Waals surface area (Å²) in [5.41, 5.74) is -1.27. The number of hydrogen-bond acceptors (Lipinski definition) is 4. The zero-order valence-electron chi connectivity index (χ0n) is 12.5. The highest BCUT2D eigenvalue weighted by atomic mass is 19.4. The summed E-state index contributed by atoms with van der Waals surface area (Å²) in [5, 5.41) is 5.74. The summed E-state index contributed by atoms with van der Waals surface area (Å²) in [6.45, 7) is -0.191. The van der Waals surface area contributed by atoms with Crippen molar-refractivity contribution in [2.75, 3.05) is 11.9 Å². The van der Waals surface area contributed by atoms with Crippen LogP contribution in [-0.4, -0.2) is 32.3 Å². The number of fused-ring (bicyclic) bond motifs is 1. The smallest absolute Gasteiger partial charge is 0.360 e. The van der Waals surface area contributed by atoms with Gasteiger partial charge in [0.05, 0.1) is 16.8 Å². The van der Waals surface area contributed by atoms with Gasteiger partial charge >= 0.3 is 6.18 Å². The fourth-order valence-corrected chi connectivity index (χ4v) is 2.36. The van der Waals surface area contributed by atoms with E-state index in [0.29, 0.717) is 12.1 Å². The Bertz CT molecular complexity index is 949. The van der Waals surface area contributed by atoms with Gasteiger partial charge in [-0.25, -0.2) is 18.2 Å². The predicted molar refractivity (Wildman–Crippen MR) is 75.4 cm³/mol. The van der Waals surface area contributed by atoms with Crippen LogP contribution in [0.1, 0.15) is 5.69 Å². The van der Waals surface area contributed by atoms with Crippen LogP contribution in [0.4, 0.5) is 32.2 Å². The molecule has 0 saturated heterocycles. The SMILES string of the molecule is Cc1nc2ncnn2c(NCC(F)(F)F)c1-c1c(F)ccc(F)c1F. The molecule has 0 spiro atoms. The van der Waals surface area contributed by atoms with E-state index in [1.807, 2.05) is 5.32 Å².